The van der Waals surface area contributed by atoms with E-state index in [4.69, 9.17) is 21.7 Å². The molecule has 1 amide bonds. The molecule has 0 bridgehead atoms. The van der Waals surface area contributed by atoms with Gasteiger partial charge in [0.2, 0.25) is 0 Å². The lowest BCUT2D eigenvalue weighted by atomic mass is 10.1. The molecule has 0 spiro atoms. The Hall–Kier alpha value is -2.28. The molecule has 1 rings (SSSR count). The van der Waals surface area contributed by atoms with Gasteiger partial charge in [0.15, 0.2) is 5.05 Å². The lowest BCUT2D eigenvalue weighted by molar-refractivity contribution is 0.152. The fourth-order valence-corrected chi connectivity index (χ4v) is 1.68. The summed E-state index contributed by atoms with van der Waals surface area (Å²) in [6.45, 7) is 4.76. The van der Waals surface area contributed by atoms with E-state index in [0.717, 1.165) is 11.1 Å². The Balaban J connectivity index is 2.65. The van der Waals surface area contributed by atoms with Crippen molar-refractivity contribution in [3.05, 3.63) is 35.4 Å². The number of ether oxygens (including phenoxy) is 2. The molecule has 0 saturated carbocycles. The molecule has 0 aliphatic heterocycles. The number of aliphatic imine (C=N–C) groups is 1. The van der Waals surface area contributed by atoms with E-state index in [-0.39, 0.29) is 0 Å². The van der Waals surface area contributed by atoms with Gasteiger partial charge in [0.05, 0.1) is 19.4 Å². The lowest BCUT2D eigenvalue weighted by Crippen LogP contribution is -2.18. The van der Waals surface area contributed by atoms with Crippen LogP contribution in [0.25, 0.3) is 0 Å². The number of rotatable bonds is 7. The van der Waals surface area contributed by atoms with Gasteiger partial charge >= 0.3 is 6.09 Å². The average molecular weight is 321 g/mol. The minimum atomic E-state index is -0.591. The quantitative estimate of drug-likeness (QED) is 0.476. The molecule has 0 fully saturated rings. The standard InChI is InChI=1S/C15H19N3O3S/c1-3-20-14(22)11-16-9-12-7-5-6-8-13(12)10-17-18-15(19)21-4-2/h5-10H,3-4,11H2,1-2H3,(H,18,19)/b16-9?,17-10+. The highest BCUT2D eigenvalue weighted by Gasteiger charge is 1.99. The molecule has 118 valence electrons. The average Bonchev–Trinajstić information content (AvgIpc) is 2.49. The van der Waals surface area contributed by atoms with Crippen LogP contribution in [0.3, 0.4) is 0 Å². The van der Waals surface area contributed by atoms with Crippen molar-refractivity contribution in [1.82, 2.24) is 5.43 Å². The Bertz CT molecular complexity index is 510. The minimum absolute atomic E-state index is 0.296. The van der Waals surface area contributed by atoms with E-state index < -0.39 is 6.09 Å². The highest BCUT2D eigenvalue weighted by molar-refractivity contribution is 7.80. The molecule has 0 aliphatic rings. The number of nitrogens with one attached hydrogen (secondary N) is 1. The van der Waals surface area contributed by atoms with Gasteiger partial charge < -0.3 is 9.47 Å². The zero-order valence-electron chi connectivity index (χ0n) is 12.6. The predicted octanol–water partition coefficient (Wildman–Crippen LogP) is 2.55. The number of hydrogen-bond acceptors (Lipinski definition) is 6. The minimum Gasteiger partial charge on any atom is -0.485 e. The first-order valence-corrected chi connectivity index (χ1v) is 7.28. The monoisotopic (exact) mass is 321 g/mol. The van der Waals surface area contributed by atoms with Crippen LogP contribution in [0.1, 0.15) is 25.0 Å². The van der Waals surface area contributed by atoms with Crippen LogP contribution in [0.5, 0.6) is 0 Å². The number of carbonyl (C=O) groups is 1. The second-order valence-electron chi connectivity index (χ2n) is 3.99. The van der Waals surface area contributed by atoms with E-state index in [1.54, 1.807) is 13.1 Å². The second-order valence-corrected chi connectivity index (χ2v) is 4.45. The van der Waals surface area contributed by atoms with Crippen molar-refractivity contribution in [2.45, 2.75) is 13.8 Å². The molecule has 1 aromatic carbocycles. The molecule has 7 heteroatoms. The number of thiocarbonyl (C=S) groups is 1. The zero-order valence-corrected chi connectivity index (χ0v) is 13.4. The van der Waals surface area contributed by atoms with Crippen LogP contribution in [0.15, 0.2) is 34.4 Å². The number of carbonyl (C=O) groups excluding carboxylic acids is 1. The van der Waals surface area contributed by atoms with E-state index >= 15 is 0 Å². The van der Waals surface area contributed by atoms with Gasteiger partial charge in [0, 0.05) is 17.3 Å². The van der Waals surface area contributed by atoms with E-state index in [0.29, 0.717) is 24.8 Å². The molecule has 0 heterocycles. The third-order valence-corrected chi connectivity index (χ3v) is 2.63. The SMILES string of the molecule is CCOC(=O)N/N=C/c1ccccc1C=NCC(=S)OCC. The summed E-state index contributed by atoms with van der Waals surface area (Å²) in [5, 5.41) is 4.28. The van der Waals surface area contributed by atoms with E-state index in [2.05, 4.69) is 15.5 Å². The maximum absolute atomic E-state index is 11.1. The van der Waals surface area contributed by atoms with E-state index in [1.807, 2.05) is 31.2 Å². The molecule has 22 heavy (non-hydrogen) atoms. The Labute approximate surface area is 135 Å². The predicted molar refractivity (Wildman–Crippen MR) is 90.9 cm³/mol. The van der Waals surface area contributed by atoms with Gasteiger partial charge in [0.1, 0.15) is 6.54 Å². The first kappa shape index (κ1) is 17.8. The van der Waals surface area contributed by atoms with Crippen LogP contribution in [-0.2, 0) is 9.47 Å². The van der Waals surface area contributed by atoms with Crippen LogP contribution in [0.4, 0.5) is 4.79 Å². The van der Waals surface area contributed by atoms with E-state index in [9.17, 15) is 4.79 Å². The number of amides is 1. The Morgan fingerprint density at radius 1 is 1.18 bits per heavy atom. The Kier molecular flexibility index (Phi) is 8.44. The zero-order chi connectivity index (χ0) is 16.2. The van der Waals surface area contributed by atoms with Crippen LogP contribution < -0.4 is 5.43 Å². The van der Waals surface area contributed by atoms with Gasteiger partial charge in [-0.25, -0.2) is 10.2 Å². The summed E-state index contributed by atoms with van der Waals surface area (Å²) in [6.07, 6.45) is 2.63. The lowest BCUT2D eigenvalue weighted by Gasteiger charge is -2.02. The molecular formula is C15H19N3O3S. The molecule has 0 atom stereocenters. The van der Waals surface area contributed by atoms with Crippen LogP contribution in [-0.4, -0.2) is 43.3 Å². The molecule has 0 aromatic heterocycles. The van der Waals surface area contributed by atoms with E-state index in [1.165, 1.54) is 6.21 Å². The first-order chi connectivity index (χ1) is 10.7. The van der Waals surface area contributed by atoms with Crippen molar-refractivity contribution in [2.75, 3.05) is 19.8 Å². The number of benzene rings is 1. The molecule has 0 radical (unpaired) electrons. The molecule has 1 aromatic rings. The highest BCUT2D eigenvalue weighted by atomic mass is 32.1. The van der Waals surface area contributed by atoms with Crippen molar-refractivity contribution in [3.8, 4) is 0 Å². The van der Waals surface area contributed by atoms with Crippen LogP contribution in [0.2, 0.25) is 0 Å². The third kappa shape index (κ3) is 6.94. The Morgan fingerprint density at radius 2 is 1.82 bits per heavy atom. The molecule has 0 aliphatic carbocycles. The molecule has 1 N–H and O–H groups in total. The second kappa shape index (κ2) is 10.4. The molecule has 6 nitrogen and oxygen atoms in total. The van der Waals surface area contributed by atoms with Crippen molar-refractivity contribution in [3.63, 3.8) is 0 Å². The fraction of sp³-hybridized carbons (Fsp3) is 0.333. The summed E-state index contributed by atoms with van der Waals surface area (Å²) < 4.78 is 9.86. The number of hydrazone groups is 1. The highest BCUT2D eigenvalue weighted by Crippen LogP contribution is 2.03. The summed E-state index contributed by atoms with van der Waals surface area (Å²) in [6, 6.07) is 7.50. The van der Waals surface area contributed by atoms with Crippen molar-refractivity contribution >= 4 is 35.8 Å². The Morgan fingerprint density at radius 3 is 2.45 bits per heavy atom. The topological polar surface area (TPSA) is 72.3 Å². The number of nitrogens with zero attached hydrogens (tertiary/aromatic N) is 2. The largest absolute Gasteiger partial charge is 0.485 e. The van der Waals surface area contributed by atoms with Gasteiger partial charge in [-0.1, -0.05) is 24.3 Å². The fourth-order valence-electron chi connectivity index (χ4n) is 1.49. The van der Waals surface area contributed by atoms with Crippen LogP contribution >= 0.6 is 12.2 Å². The van der Waals surface area contributed by atoms with Gasteiger partial charge in [-0.05, 0) is 26.1 Å². The molecular weight excluding hydrogens is 302 g/mol. The van der Waals surface area contributed by atoms with Crippen molar-refractivity contribution in [1.29, 1.82) is 0 Å². The summed E-state index contributed by atoms with van der Waals surface area (Å²) >= 11 is 5.00. The van der Waals surface area contributed by atoms with Gasteiger partial charge in [-0.15, -0.1) is 0 Å². The smallest absolute Gasteiger partial charge is 0.427 e. The summed E-state index contributed by atoms with van der Waals surface area (Å²) in [5.74, 6) is 0. The van der Waals surface area contributed by atoms with Gasteiger partial charge in [-0.2, -0.15) is 5.10 Å². The maximum Gasteiger partial charge on any atom is 0.427 e. The van der Waals surface area contributed by atoms with Gasteiger partial charge in [-0.3, -0.25) is 4.99 Å². The normalized spacial score (nSPS) is 10.8. The molecule has 0 unspecified atom stereocenters. The summed E-state index contributed by atoms with van der Waals surface area (Å²) in [7, 11) is 0. The molecule has 0 saturated heterocycles. The van der Waals surface area contributed by atoms with Crippen molar-refractivity contribution < 1.29 is 14.3 Å². The summed E-state index contributed by atoms with van der Waals surface area (Å²) in [4.78, 5) is 15.4. The first-order valence-electron chi connectivity index (χ1n) is 6.87. The van der Waals surface area contributed by atoms with Gasteiger partial charge in [0.25, 0.3) is 0 Å². The number of hydrogen-bond donors (Lipinski definition) is 1. The van der Waals surface area contributed by atoms with Crippen molar-refractivity contribution in [2.24, 2.45) is 10.1 Å². The van der Waals surface area contributed by atoms with Crippen LogP contribution in [0, 0.1) is 0 Å². The third-order valence-electron chi connectivity index (χ3n) is 2.39. The summed E-state index contributed by atoms with van der Waals surface area (Å²) in [5.41, 5.74) is 3.94. The maximum atomic E-state index is 11.1.